The number of aliphatic carboxylic acids is 1. The van der Waals surface area contributed by atoms with Gasteiger partial charge in [0.05, 0.1) is 12.5 Å². The van der Waals surface area contributed by atoms with Crippen LogP contribution in [0.2, 0.25) is 0 Å². The van der Waals surface area contributed by atoms with Gasteiger partial charge in [-0.05, 0) is 6.42 Å². The molecule has 3 nitrogen and oxygen atoms in total. The number of carboxylic acid groups (broad SMARTS) is 1. The van der Waals surface area contributed by atoms with E-state index in [1.165, 1.54) is 103 Å². The zero-order chi connectivity index (χ0) is 19.3. The van der Waals surface area contributed by atoms with Crippen molar-refractivity contribution < 1.29 is 14.6 Å². The second-order valence-corrected chi connectivity index (χ2v) is 7.90. The highest BCUT2D eigenvalue weighted by atomic mass is 16.5. The Labute approximate surface area is 163 Å². The molecule has 1 atom stereocenters. The predicted molar refractivity (Wildman–Crippen MR) is 112 cm³/mol. The topological polar surface area (TPSA) is 46.5 Å². The van der Waals surface area contributed by atoms with Crippen LogP contribution in [-0.2, 0) is 9.53 Å². The van der Waals surface area contributed by atoms with Crippen LogP contribution in [0.5, 0.6) is 0 Å². The fraction of sp³-hybridized carbons (Fsp3) is 0.957. The van der Waals surface area contributed by atoms with Crippen LogP contribution in [0.15, 0.2) is 0 Å². The van der Waals surface area contributed by atoms with Gasteiger partial charge in [0.15, 0.2) is 0 Å². The van der Waals surface area contributed by atoms with Crippen molar-refractivity contribution in [3.05, 3.63) is 0 Å². The molecule has 0 aromatic carbocycles. The van der Waals surface area contributed by atoms with Crippen molar-refractivity contribution in [2.24, 2.45) is 0 Å². The lowest BCUT2D eigenvalue weighted by molar-refractivity contribution is -0.139. The Morgan fingerprint density at radius 1 is 0.692 bits per heavy atom. The number of rotatable bonds is 21. The molecule has 0 aromatic rings. The summed E-state index contributed by atoms with van der Waals surface area (Å²) in [7, 11) is 1.61. The third kappa shape index (κ3) is 19.8. The van der Waals surface area contributed by atoms with Crippen LogP contribution in [-0.4, -0.2) is 24.3 Å². The minimum Gasteiger partial charge on any atom is -0.481 e. The second kappa shape index (κ2) is 20.7. The monoisotopic (exact) mass is 370 g/mol. The molecule has 3 heteroatoms. The molecule has 0 bridgehead atoms. The summed E-state index contributed by atoms with van der Waals surface area (Å²) in [4.78, 5) is 10.7. The van der Waals surface area contributed by atoms with Crippen LogP contribution < -0.4 is 0 Å². The summed E-state index contributed by atoms with van der Waals surface area (Å²) in [6.45, 7) is 2.28. The molecule has 156 valence electrons. The van der Waals surface area contributed by atoms with Gasteiger partial charge in [-0.2, -0.15) is 0 Å². The van der Waals surface area contributed by atoms with Crippen molar-refractivity contribution in [1.29, 1.82) is 0 Å². The van der Waals surface area contributed by atoms with Crippen LogP contribution in [0.4, 0.5) is 0 Å². The van der Waals surface area contributed by atoms with Crippen LogP contribution in [0.1, 0.15) is 129 Å². The molecule has 26 heavy (non-hydrogen) atoms. The normalized spacial score (nSPS) is 12.4. The molecule has 0 radical (unpaired) electrons. The van der Waals surface area contributed by atoms with Gasteiger partial charge in [-0.3, -0.25) is 4.79 Å². The second-order valence-electron chi connectivity index (χ2n) is 7.90. The highest BCUT2D eigenvalue weighted by Gasteiger charge is 2.11. The fourth-order valence-electron chi connectivity index (χ4n) is 3.59. The number of carbonyl (C=O) groups is 1. The number of hydrogen-bond donors (Lipinski definition) is 1. The first-order chi connectivity index (χ1) is 12.7. The van der Waals surface area contributed by atoms with E-state index in [1.54, 1.807) is 7.11 Å². The Bertz CT molecular complexity index is 291. The van der Waals surface area contributed by atoms with E-state index in [-0.39, 0.29) is 12.5 Å². The first kappa shape index (κ1) is 25.4. The van der Waals surface area contributed by atoms with Crippen molar-refractivity contribution in [2.75, 3.05) is 7.11 Å². The summed E-state index contributed by atoms with van der Waals surface area (Å²) < 4.78 is 5.21. The minimum absolute atomic E-state index is 0.108. The van der Waals surface area contributed by atoms with Crippen molar-refractivity contribution in [3.63, 3.8) is 0 Å². The minimum atomic E-state index is -0.760. The Hall–Kier alpha value is -0.570. The smallest absolute Gasteiger partial charge is 0.305 e. The Kier molecular flexibility index (Phi) is 20.3. The van der Waals surface area contributed by atoms with Gasteiger partial charge in [0.25, 0.3) is 0 Å². The third-order valence-corrected chi connectivity index (χ3v) is 5.37. The summed E-state index contributed by atoms with van der Waals surface area (Å²) in [5.41, 5.74) is 0. The lowest BCUT2D eigenvalue weighted by Gasteiger charge is -2.12. The molecule has 0 aliphatic rings. The average molecular weight is 371 g/mol. The van der Waals surface area contributed by atoms with Gasteiger partial charge in [0, 0.05) is 7.11 Å². The van der Waals surface area contributed by atoms with E-state index in [4.69, 9.17) is 9.84 Å². The van der Waals surface area contributed by atoms with Crippen molar-refractivity contribution >= 4 is 5.97 Å². The maximum atomic E-state index is 10.7. The molecule has 0 amide bonds. The van der Waals surface area contributed by atoms with E-state index in [0.717, 1.165) is 12.8 Å². The maximum absolute atomic E-state index is 10.7. The number of methoxy groups -OCH3 is 1. The zero-order valence-corrected chi connectivity index (χ0v) is 17.8. The SMILES string of the molecule is CCCCCCCCCCCCCCCCCCC[C@@H](CC(=O)O)OC. The zero-order valence-electron chi connectivity index (χ0n) is 17.8. The summed E-state index contributed by atoms with van der Waals surface area (Å²) in [6, 6.07) is 0. The van der Waals surface area contributed by atoms with Gasteiger partial charge in [-0.15, -0.1) is 0 Å². The molecular formula is C23H46O3. The van der Waals surface area contributed by atoms with E-state index in [2.05, 4.69) is 6.92 Å². The van der Waals surface area contributed by atoms with Crippen molar-refractivity contribution in [2.45, 2.75) is 135 Å². The summed E-state index contributed by atoms with van der Waals surface area (Å²) >= 11 is 0. The van der Waals surface area contributed by atoms with E-state index < -0.39 is 5.97 Å². The summed E-state index contributed by atoms with van der Waals surface area (Å²) in [6.07, 6.45) is 24.2. The number of unbranched alkanes of at least 4 members (excludes halogenated alkanes) is 16. The van der Waals surface area contributed by atoms with Gasteiger partial charge in [-0.1, -0.05) is 116 Å². The van der Waals surface area contributed by atoms with Crippen molar-refractivity contribution in [1.82, 2.24) is 0 Å². The lowest BCUT2D eigenvalue weighted by atomic mass is 10.0. The van der Waals surface area contributed by atoms with Gasteiger partial charge >= 0.3 is 5.97 Å². The molecule has 0 saturated heterocycles. The van der Waals surface area contributed by atoms with Gasteiger partial charge in [0.1, 0.15) is 0 Å². The quantitative estimate of drug-likeness (QED) is 0.212. The third-order valence-electron chi connectivity index (χ3n) is 5.37. The highest BCUT2D eigenvalue weighted by molar-refractivity contribution is 5.67. The molecule has 0 fully saturated rings. The molecular weight excluding hydrogens is 324 g/mol. The van der Waals surface area contributed by atoms with E-state index in [0.29, 0.717) is 0 Å². The van der Waals surface area contributed by atoms with Gasteiger partial charge in [0.2, 0.25) is 0 Å². The standard InChI is InChI=1S/C23H46O3/c1-3-4-5-6-7-8-9-10-11-12-13-14-15-16-17-18-19-20-22(26-2)21-23(24)25/h22H,3-21H2,1-2H3,(H,24,25)/t22-/m0/s1. The number of hydrogen-bond acceptors (Lipinski definition) is 2. The maximum Gasteiger partial charge on any atom is 0.305 e. The number of ether oxygens (including phenoxy) is 1. The Morgan fingerprint density at radius 2 is 1.04 bits per heavy atom. The van der Waals surface area contributed by atoms with Crippen LogP contribution in [0.25, 0.3) is 0 Å². The molecule has 1 N–H and O–H groups in total. The van der Waals surface area contributed by atoms with Crippen LogP contribution >= 0.6 is 0 Å². The molecule has 0 heterocycles. The van der Waals surface area contributed by atoms with Crippen molar-refractivity contribution in [3.8, 4) is 0 Å². The van der Waals surface area contributed by atoms with E-state index in [9.17, 15) is 4.79 Å². The predicted octanol–water partition coefficient (Wildman–Crippen LogP) is 7.52. The molecule has 0 rings (SSSR count). The lowest BCUT2D eigenvalue weighted by Crippen LogP contribution is -2.15. The Balaban J connectivity index is 3.14. The number of carboxylic acids is 1. The average Bonchev–Trinajstić information content (AvgIpc) is 2.63. The fourth-order valence-corrected chi connectivity index (χ4v) is 3.59. The summed E-state index contributed by atoms with van der Waals surface area (Å²) in [5, 5.41) is 8.78. The molecule has 0 unspecified atom stereocenters. The highest BCUT2D eigenvalue weighted by Crippen LogP contribution is 2.15. The first-order valence-electron chi connectivity index (χ1n) is 11.4. The van der Waals surface area contributed by atoms with Gasteiger partial charge in [-0.25, -0.2) is 0 Å². The Morgan fingerprint density at radius 3 is 1.35 bits per heavy atom. The van der Waals surface area contributed by atoms with E-state index >= 15 is 0 Å². The first-order valence-corrected chi connectivity index (χ1v) is 11.4. The molecule has 0 spiro atoms. The van der Waals surface area contributed by atoms with Crippen LogP contribution in [0, 0.1) is 0 Å². The van der Waals surface area contributed by atoms with E-state index in [1.807, 2.05) is 0 Å². The van der Waals surface area contributed by atoms with Gasteiger partial charge < -0.3 is 9.84 Å². The molecule has 0 aliphatic heterocycles. The molecule has 0 saturated carbocycles. The molecule has 0 aliphatic carbocycles. The summed E-state index contributed by atoms with van der Waals surface area (Å²) in [5.74, 6) is -0.760. The van der Waals surface area contributed by atoms with Crippen LogP contribution in [0.3, 0.4) is 0 Å². The largest absolute Gasteiger partial charge is 0.481 e. The molecule has 0 aromatic heterocycles.